The van der Waals surface area contributed by atoms with Gasteiger partial charge in [-0.1, -0.05) is 61.4 Å². The molecule has 0 aliphatic heterocycles. The van der Waals surface area contributed by atoms with Gasteiger partial charge < -0.3 is 0 Å². The fourth-order valence-corrected chi connectivity index (χ4v) is 11.5. The van der Waals surface area contributed by atoms with Crippen LogP contribution in [0.4, 0.5) is 0 Å². The van der Waals surface area contributed by atoms with Gasteiger partial charge in [0, 0.05) is 5.56 Å². The lowest BCUT2D eigenvalue weighted by molar-refractivity contribution is 0.247. The highest BCUT2D eigenvalue weighted by Crippen LogP contribution is 2.73. The first-order chi connectivity index (χ1) is 14.2. The van der Waals surface area contributed by atoms with E-state index in [1.165, 1.54) is 75.3 Å². The van der Waals surface area contributed by atoms with Crippen molar-refractivity contribution in [3.63, 3.8) is 0 Å². The van der Waals surface area contributed by atoms with E-state index in [1.807, 2.05) is 0 Å². The zero-order chi connectivity index (χ0) is 20.1. The molecule has 1 nitrogen and oxygen atoms in total. The van der Waals surface area contributed by atoms with Crippen molar-refractivity contribution in [2.24, 2.45) is 0 Å². The molecule has 0 unspecified atom stereocenters. The minimum absolute atomic E-state index is 0.288. The summed E-state index contributed by atoms with van der Waals surface area (Å²) in [5.41, 5.74) is 4.27. The molecule has 0 aromatic heterocycles. The van der Waals surface area contributed by atoms with Gasteiger partial charge in [-0.2, -0.15) is 0 Å². The second kappa shape index (κ2) is 9.76. The van der Waals surface area contributed by atoms with Gasteiger partial charge in [0.25, 0.3) is 0 Å². The molecule has 156 valence electrons. The Morgan fingerprint density at radius 2 is 1.21 bits per heavy atom. The van der Waals surface area contributed by atoms with E-state index in [0.717, 1.165) is 11.3 Å². The van der Waals surface area contributed by atoms with Crippen LogP contribution in [0.3, 0.4) is 0 Å². The number of rotatable bonds is 6. The first-order valence-electron chi connectivity index (χ1n) is 11.9. The Morgan fingerprint density at radius 1 is 0.690 bits per heavy atom. The van der Waals surface area contributed by atoms with Gasteiger partial charge in [0.15, 0.2) is 7.49 Å². The summed E-state index contributed by atoms with van der Waals surface area (Å²) in [4.78, 5) is 0. The first kappa shape index (κ1) is 21.1. The Labute approximate surface area is 178 Å². The van der Waals surface area contributed by atoms with Crippen molar-refractivity contribution in [1.29, 1.82) is 0 Å². The number of hydrogen-bond acceptors (Lipinski definition) is 1. The van der Waals surface area contributed by atoms with Crippen LogP contribution in [0.2, 0.25) is 0 Å². The standard InChI is InChI=1S/C27H38OP/c1-22(2)28-29(24-16-8-4-9-17-24,25-18-10-5-11-19-25)27-21-13-12-20-26(27)23-14-6-3-7-15-23/h3,6-7,12-15,20-22,24-25H,4-5,8-11,16-19H2,1-2H3/q+1. The van der Waals surface area contributed by atoms with Crippen molar-refractivity contribution < 1.29 is 4.52 Å². The monoisotopic (exact) mass is 409 g/mol. The maximum Gasteiger partial charge on any atom is 0.184 e. The highest BCUT2D eigenvalue weighted by molar-refractivity contribution is 7.80. The molecule has 0 spiro atoms. The van der Waals surface area contributed by atoms with Crippen molar-refractivity contribution in [3.8, 4) is 11.1 Å². The molecular formula is C27H38OP+. The second-order valence-corrected chi connectivity index (χ2v) is 12.9. The molecule has 2 aromatic rings. The van der Waals surface area contributed by atoms with Crippen LogP contribution in [-0.4, -0.2) is 17.4 Å². The molecule has 2 aliphatic rings. The van der Waals surface area contributed by atoms with E-state index in [2.05, 4.69) is 68.4 Å². The third kappa shape index (κ3) is 4.47. The van der Waals surface area contributed by atoms with E-state index in [9.17, 15) is 0 Å². The van der Waals surface area contributed by atoms with Gasteiger partial charge >= 0.3 is 0 Å². The lowest BCUT2D eigenvalue weighted by Gasteiger charge is -2.43. The topological polar surface area (TPSA) is 9.23 Å². The highest BCUT2D eigenvalue weighted by atomic mass is 31.2. The van der Waals surface area contributed by atoms with E-state index in [0.29, 0.717) is 0 Å². The molecule has 2 aromatic carbocycles. The summed E-state index contributed by atoms with van der Waals surface area (Å²) in [5.74, 6) is 0. The third-order valence-corrected chi connectivity index (χ3v) is 12.1. The molecule has 2 fully saturated rings. The Morgan fingerprint density at radius 3 is 1.76 bits per heavy atom. The van der Waals surface area contributed by atoms with Crippen molar-refractivity contribution in [1.82, 2.24) is 0 Å². The third-order valence-electron chi connectivity index (χ3n) is 6.98. The van der Waals surface area contributed by atoms with E-state index >= 15 is 0 Å². The van der Waals surface area contributed by atoms with Gasteiger partial charge in [0.2, 0.25) is 0 Å². The van der Waals surface area contributed by atoms with Gasteiger partial charge in [0.1, 0.15) is 16.6 Å². The van der Waals surface area contributed by atoms with Gasteiger partial charge in [-0.15, -0.1) is 0 Å². The number of benzene rings is 2. The molecule has 0 atom stereocenters. The van der Waals surface area contributed by atoms with E-state index in [4.69, 9.17) is 4.52 Å². The van der Waals surface area contributed by atoms with E-state index in [1.54, 1.807) is 5.30 Å². The predicted molar refractivity (Wildman–Crippen MR) is 128 cm³/mol. The van der Waals surface area contributed by atoms with Crippen LogP contribution in [0.1, 0.15) is 78.1 Å². The Hall–Kier alpha value is -1.17. The minimum Gasteiger partial charge on any atom is -0.229 e. The summed E-state index contributed by atoms with van der Waals surface area (Å²) in [6, 6.07) is 20.3. The molecule has 0 N–H and O–H groups in total. The zero-order valence-electron chi connectivity index (χ0n) is 18.4. The Bertz CT molecular complexity index is 739. The summed E-state index contributed by atoms with van der Waals surface area (Å²) < 4.78 is 7.28. The van der Waals surface area contributed by atoms with Crippen LogP contribution in [-0.2, 0) is 4.52 Å². The molecule has 2 heteroatoms. The van der Waals surface area contributed by atoms with Crippen LogP contribution in [0.5, 0.6) is 0 Å². The lowest BCUT2D eigenvalue weighted by Crippen LogP contribution is -2.38. The molecule has 2 aliphatic carbocycles. The minimum atomic E-state index is -1.76. The van der Waals surface area contributed by atoms with Crippen molar-refractivity contribution >= 4 is 12.8 Å². The first-order valence-corrected chi connectivity index (χ1v) is 13.8. The van der Waals surface area contributed by atoms with E-state index in [-0.39, 0.29) is 6.10 Å². The summed E-state index contributed by atoms with van der Waals surface area (Å²) >= 11 is 0. The lowest BCUT2D eigenvalue weighted by atomic mass is 9.99. The van der Waals surface area contributed by atoms with Crippen molar-refractivity contribution in [3.05, 3.63) is 54.6 Å². The zero-order valence-corrected chi connectivity index (χ0v) is 19.2. The van der Waals surface area contributed by atoms with Crippen LogP contribution in [0.15, 0.2) is 54.6 Å². The summed E-state index contributed by atoms with van der Waals surface area (Å²) in [6.07, 6.45) is 14.1. The largest absolute Gasteiger partial charge is 0.229 e. The quantitative estimate of drug-likeness (QED) is 0.439. The van der Waals surface area contributed by atoms with E-state index < -0.39 is 7.49 Å². The molecule has 0 bridgehead atoms. The average Bonchev–Trinajstić information content (AvgIpc) is 2.79. The molecular weight excluding hydrogens is 371 g/mol. The normalized spacial score (nSPS) is 19.6. The fraction of sp³-hybridized carbons (Fsp3) is 0.556. The van der Waals surface area contributed by atoms with Crippen molar-refractivity contribution in [2.75, 3.05) is 0 Å². The van der Waals surface area contributed by atoms with Gasteiger partial charge in [0.05, 0.1) is 6.10 Å². The Balaban J connectivity index is 1.89. The van der Waals surface area contributed by atoms with Crippen LogP contribution in [0.25, 0.3) is 11.1 Å². The molecule has 2 saturated carbocycles. The van der Waals surface area contributed by atoms with Gasteiger partial charge in [-0.3, -0.25) is 0 Å². The summed E-state index contributed by atoms with van der Waals surface area (Å²) in [6.45, 7) is 4.54. The van der Waals surface area contributed by atoms with Gasteiger partial charge in [-0.05, 0) is 76.8 Å². The maximum absolute atomic E-state index is 7.28. The van der Waals surface area contributed by atoms with Crippen LogP contribution >= 0.6 is 7.49 Å². The van der Waals surface area contributed by atoms with Crippen LogP contribution in [0, 0.1) is 0 Å². The average molecular weight is 410 g/mol. The SMILES string of the molecule is CC(C)O[P+](c1ccccc1-c1ccccc1)(C1CCCCC1)C1CCCCC1. The number of hydrogen-bond donors (Lipinski definition) is 0. The molecule has 0 saturated heterocycles. The molecule has 0 heterocycles. The highest BCUT2D eigenvalue weighted by Gasteiger charge is 2.57. The smallest absolute Gasteiger partial charge is 0.184 e. The predicted octanol–water partition coefficient (Wildman–Crippen LogP) is 8.00. The molecule has 0 radical (unpaired) electrons. The molecule has 4 rings (SSSR count). The Kier molecular flexibility index (Phi) is 7.09. The van der Waals surface area contributed by atoms with Gasteiger partial charge in [-0.25, -0.2) is 4.52 Å². The maximum atomic E-state index is 7.28. The second-order valence-electron chi connectivity index (χ2n) is 9.33. The fourth-order valence-electron chi connectivity index (χ4n) is 5.84. The van der Waals surface area contributed by atoms with Crippen LogP contribution < -0.4 is 5.30 Å². The summed E-state index contributed by atoms with van der Waals surface area (Å²) in [7, 11) is -1.76. The summed E-state index contributed by atoms with van der Waals surface area (Å²) in [5, 5.41) is 1.57. The molecule has 0 amide bonds. The van der Waals surface area contributed by atoms with Crippen molar-refractivity contribution in [2.45, 2.75) is 95.5 Å². The molecule has 29 heavy (non-hydrogen) atoms.